The summed E-state index contributed by atoms with van der Waals surface area (Å²) in [6.45, 7) is 3.51. The first-order valence-corrected chi connectivity index (χ1v) is 20.8. The normalized spacial score (nSPS) is 18.0. The number of carbonyl (C=O) groups excluding carboxylic acids is 4. The number of amides is 4. The summed E-state index contributed by atoms with van der Waals surface area (Å²) in [6, 6.07) is 25.4. The predicted octanol–water partition coefficient (Wildman–Crippen LogP) is 8.34. The molecule has 4 amide bonds. The van der Waals surface area contributed by atoms with Crippen LogP contribution in [0.3, 0.4) is 0 Å². The molecule has 4 aromatic carbocycles. The number of methoxy groups -OCH3 is 2. The number of aromatic nitrogens is 4. The van der Waals surface area contributed by atoms with E-state index in [2.05, 4.69) is 54.8 Å². The van der Waals surface area contributed by atoms with Crippen LogP contribution >= 0.6 is 0 Å². The zero-order valence-electron chi connectivity index (χ0n) is 35.2. The molecule has 2 aliphatic heterocycles. The Labute approximate surface area is 362 Å². The molecule has 0 radical (unpaired) electrons. The van der Waals surface area contributed by atoms with E-state index in [-0.39, 0.29) is 23.7 Å². The van der Waals surface area contributed by atoms with Gasteiger partial charge in [-0.1, -0.05) is 92.7 Å². The topological polar surface area (TPSA) is 175 Å². The fourth-order valence-corrected chi connectivity index (χ4v) is 8.50. The molecule has 0 bridgehead atoms. The van der Waals surface area contributed by atoms with Crippen molar-refractivity contribution >= 4 is 34.8 Å². The summed E-state index contributed by atoms with van der Waals surface area (Å²) < 4.78 is 39.5. The first-order chi connectivity index (χ1) is 30.3. The zero-order valence-corrected chi connectivity index (χ0v) is 35.2. The molecule has 16 heteroatoms. The van der Waals surface area contributed by atoms with E-state index in [9.17, 15) is 19.2 Å². The van der Waals surface area contributed by atoms with E-state index in [1.807, 2.05) is 50.2 Å². The van der Waals surface area contributed by atoms with Gasteiger partial charge in [0.2, 0.25) is 5.91 Å². The molecule has 2 aliphatic rings. The van der Waals surface area contributed by atoms with Crippen molar-refractivity contribution in [2.75, 3.05) is 27.3 Å². The van der Waals surface area contributed by atoms with Gasteiger partial charge in [-0.3, -0.25) is 9.59 Å². The van der Waals surface area contributed by atoms with E-state index >= 15 is 8.78 Å². The fourth-order valence-electron chi connectivity index (χ4n) is 8.50. The Kier molecular flexibility index (Phi) is 12.0. The van der Waals surface area contributed by atoms with Crippen LogP contribution in [0, 0.1) is 5.92 Å². The molecular formula is C47H48F2N8O6. The number of nitrogens with zero attached hydrogens (tertiary/aromatic N) is 4. The summed E-state index contributed by atoms with van der Waals surface area (Å²) in [5.74, 6) is -3.26. The number of fused-ring (bicyclic) bond motifs is 1. The molecule has 4 N–H and O–H groups in total. The van der Waals surface area contributed by atoms with Gasteiger partial charge in [-0.25, -0.2) is 28.3 Å². The smallest absolute Gasteiger partial charge is 0.407 e. The molecule has 0 saturated carbocycles. The van der Waals surface area contributed by atoms with Crippen molar-refractivity contribution in [2.24, 2.45) is 5.92 Å². The first kappa shape index (κ1) is 42.6. The second kappa shape index (κ2) is 17.7. The lowest BCUT2D eigenvalue weighted by Crippen LogP contribution is -2.51. The summed E-state index contributed by atoms with van der Waals surface area (Å²) in [4.78, 5) is 70.3. The molecule has 2 fully saturated rings. The standard InChI is InChI=1S/C47H48F2N8O6/c1-27(2)39(54-45(60)62-3)43(58)56-20-8-11-37(56)41-50-25-36(53-41)34-19-18-32-21-31(16-17-33(32)22-34)28-12-14-29(15-13-28)35-24-51-42(52-35)38-23-47(48,49)26-57(38)44(59)40(55-46(61)63-4)30-9-6-5-7-10-30/h5-7,9-10,12-19,21-22,24-25,27,37-40H,8,11,20,23,26H2,1-4H3,(H,50,53)(H,51,52)(H,54,60)(H,55,61). The van der Waals surface area contributed by atoms with Crippen molar-refractivity contribution < 1.29 is 37.4 Å². The molecular weight excluding hydrogens is 811 g/mol. The van der Waals surface area contributed by atoms with Crippen LogP contribution in [-0.2, 0) is 19.1 Å². The largest absolute Gasteiger partial charge is 0.453 e. The van der Waals surface area contributed by atoms with Gasteiger partial charge in [0.25, 0.3) is 11.8 Å². The quantitative estimate of drug-likeness (QED) is 0.101. The van der Waals surface area contributed by atoms with Crippen LogP contribution < -0.4 is 10.6 Å². The van der Waals surface area contributed by atoms with Crippen LogP contribution in [0.4, 0.5) is 18.4 Å². The van der Waals surface area contributed by atoms with Crippen LogP contribution in [0.25, 0.3) is 44.4 Å². The second-order valence-electron chi connectivity index (χ2n) is 16.3. The molecule has 8 rings (SSSR count). The third kappa shape index (κ3) is 8.97. The van der Waals surface area contributed by atoms with E-state index < -0.39 is 55.1 Å². The van der Waals surface area contributed by atoms with Crippen molar-refractivity contribution in [3.8, 4) is 33.6 Å². The first-order valence-electron chi connectivity index (χ1n) is 20.8. The van der Waals surface area contributed by atoms with Crippen molar-refractivity contribution in [3.05, 3.63) is 121 Å². The van der Waals surface area contributed by atoms with Crippen molar-refractivity contribution in [2.45, 2.75) is 63.2 Å². The van der Waals surface area contributed by atoms with Crippen LogP contribution in [0.2, 0.25) is 0 Å². The highest BCUT2D eigenvalue weighted by molar-refractivity contribution is 5.91. The lowest BCUT2D eigenvalue weighted by Gasteiger charge is -2.30. The number of nitrogens with one attached hydrogen (secondary N) is 4. The summed E-state index contributed by atoms with van der Waals surface area (Å²) >= 11 is 0. The summed E-state index contributed by atoms with van der Waals surface area (Å²) in [5, 5.41) is 7.25. The maximum Gasteiger partial charge on any atom is 0.407 e. The number of likely N-dealkylation sites (tertiary alicyclic amines) is 2. The number of alkyl carbamates (subject to hydrolysis) is 2. The molecule has 4 heterocycles. The van der Waals surface area contributed by atoms with Gasteiger partial charge in [0.1, 0.15) is 23.7 Å². The molecule has 2 aromatic heterocycles. The van der Waals surface area contributed by atoms with Crippen LogP contribution in [0.15, 0.2) is 103 Å². The lowest BCUT2D eigenvalue weighted by atomic mass is 9.98. The summed E-state index contributed by atoms with van der Waals surface area (Å²) in [5.41, 5.74) is 5.55. The fraction of sp³-hybridized carbons (Fsp3) is 0.319. The molecule has 326 valence electrons. The SMILES string of the molecule is COC(=O)NC(C(=O)N1CC(F)(F)CC1c1ncc(-c2ccc(-c3ccc4cc(-c5cnc(C6CCCN6C(=O)C(NC(=O)OC)C(C)C)[nH]5)ccc4c3)cc2)[nH]1)c1ccccc1. The highest BCUT2D eigenvalue weighted by atomic mass is 19.3. The van der Waals surface area contributed by atoms with E-state index in [4.69, 9.17) is 9.47 Å². The number of rotatable bonds is 11. The maximum atomic E-state index is 15.0. The van der Waals surface area contributed by atoms with E-state index in [0.717, 1.165) is 56.5 Å². The Balaban J connectivity index is 0.959. The van der Waals surface area contributed by atoms with Gasteiger partial charge in [0.05, 0.1) is 56.6 Å². The minimum absolute atomic E-state index is 0.129. The molecule has 6 aromatic rings. The average Bonchev–Trinajstić information content (AvgIpc) is 4.13. The highest BCUT2D eigenvalue weighted by Crippen LogP contribution is 2.42. The Hall–Kier alpha value is -7.10. The molecule has 2 saturated heterocycles. The zero-order chi connectivity index (χ0) is 44.4. The molecule has 4 unspecified atom stereocenters. The third-order valence-corrected chi connectivity index (χ3v) is 11.8. The van der Waals surface area contributed by atoms with E-state index in [0.29, 0.717) is 23.6 Å². The number of ether oxygens (including phenoxy) is 2. The number of aromatic amines is 2. The molecule has 0 spiro atoms. The van der Waals surface area contributed by atoms with Gasteiger partial charge in [0.15, 0.2) is 0 Å². The Morgan fingerprint density at radius 1 is 0.714 bits per heavy atom. The summed E-state index contributed by atoms with van der Waals surface area (Å²) in [7, 11) is 2.44. The van der Waals surface area contributed by atoms with Crippen LogP contribution in [0.1, 0.15) is 68.4 Å². The number of hydrogen-bond donors (Lipinski definition) is 4. The van der Waals surface area contributed by atoms with Crippen LogP contribution in [0.5, 0.6) is 0 Å². The van der Waals surface area contributed by atoms with Gasteiger partial charge in [-0.15, -0.1) is 0 Å². The van der Waals surface area contributed by atoms with Gasteiger partial charge >= 0.3 is 12.2 Å². The van der Waals surface area contributed by atoms with Crippen molar-refractivity contribution in [1.29, 1.82) is 0 Å². The number of halogens is 2. The van der Waals surface area contributed by atoms with E-state index in [1.54, 1.807) is 47.6 Å². The van der Waals surface area contributed by atoms with Gasteiger partial charge in [-0.05, 0) is 63.9 Å². The number of benzene rings is 4. The Morgan fingerprint density at radius 3 is 1.94 bits per heavy atom. The van der Waals surface area contributed by atoms with E-state index in [1.165, 1.54) is 14.2 Å². The highest BCUT2D eigenvalue weighted by Gasteiger charge is 2.50. The minimum atomic E-state index is -3.17. The van der Waals surface area contributed by atoms with Crippen molar-refractivity contribution in [3.63, 3.8) is 0 Å². The number of carbonyl (C=O) groups is 4. The van der Waals surface area contributed by atoms with Crippen LogP contribution in [-0.4, -0.2) is 93.0 Å². The molecule has 14 nitrogen and oxygen atoms in total. The Bertz CT molecular complexity index is 2630. The molecule has 4 atom stereocenters. The average molecular weight is 859 g/mol. The number of hydrogen-bond acceptors (Lipinski definition) is 8. The lowest BCUT2D eigenvalue weighted by molar-refractivity contribution is -0.136. The summed E-state index contributed by atoms with van der Waals surface area (Å²) in [6.07, 6.45) is 2.79. The number of H-pyrrole nitrogens is 2. The van der Waals surface area contributed by atoms with Gasteiger partial charge in [0, 0.05) is 18.5 Å². The van der Waals surface area contributed by atoms with Gasteiger partial charge < -0.3 is 39.9 Å². The number of alkyl halides is 2. The number of imidazole rings is 2. The van der Waals surface area contributed by atoms with Gasteiger partial charge in [-0.2, -0.15) is 0 Å². The Morgan fingerprint density at radius 2 is 1.29 bits per heavy atom. The molecule has 0 aliphatic carbocycles. The maximum absolute atomic E-state index is 15.0. The minimum Gasteiger partial charge on any atom is -0.453 e. The molecule has 63 heavy (non-hydrogen) atoms. The van der Waals surface area contributed by atoms with Crippen molar-refractivity contribution in [1.82, 2.24) is 40.4 Å². The third-order valence-electron chi connectivity index (χ3n) is 11.8. The predicted molar refractivity (Wildman–Crippen MR) is 231 cm³/mol. The monoisotopic (exact) mass is 858 g/mol. The second-order valence-corrected chi connectivity index (χ2v) is 16.3.